The van der Waals surface area contributed by atoms with Gasteiger partial charge in [0, 0.05) is 7.05 Å². The minimum Gasteiger partial charge on any atom is -0.358 e. The van der Waals surface area contributed by atoms with Gasteiger partial charge in [0.1, 0.15) is 4.88 Å². The lowest BCUT2D eigenvalue weighted by Crippen LogP contribution is -2.19. The van der Waals surface area contributed by atoms with Crippen LogP contribution in [0.4, 0.5) is 5.13 Å². The summed E-state index contributed by atoms with van der Waals surface area (Å²) in [6.07, 6.45) is 0. The largest absolute Gasteiger partial charge is 0.358 e. The average Bonchev–Trinajstić information content (AvgIpc) is 3.05. The van der Waals surface area contributed by atoms with Crippen LogP contribution in [0.15, 0.2) is 4.34 Å². The van der Waals surface area contributed by atoms with Crippen molar-refractivity contribution in [2.45, 2.75) is 11.3 Å². The van der Waals surface area contributed by atoms with Crippen molar-refractivity contribution in [1.29, 1.82) is 0 Å². The van der Waals surface area contributed by atoms with Gasteiger partial charge < -0.3 is 5.32 Å². The van der Waals surface area contributed by atoms with Gasteiger partial charge >= 0.3 is 0 Å². The van der Waals surface area contributed by atoms with Crippen molar-refractivity contribution in [3.63, 3.8) is 0 Å². The molecule has 0 atom stereocenters. The first-order valence-corrected chi connectivity index (χ1v) is 7.95. The van der Waals surface area contributed by atoms with Crippen LogP contribution >= 0.6 is 34.6 Å². The summed E-state index contributed by atoms with van der Waals surface area (Å²) in [5, 5.41) is 17.0. The van der Waals surface area contributed by atoms with Gasteiger partial charge in [0.2, 0.25) is 11.0 Å². The Bertz CT molecular complexity index is 625. The Kier molecular flexibility index (Phi) is 4.98. The highest BCUT2D eigenvalue weighted by Gasteiger charge is 2.15. The minimum atomic E-state index is -0.309. The quantitative estimate of drug-likeness (QED) is 0.616. The number of nitrogens with one attached hydrogen (secondary N) is 2. The van der Waals surface area contributed by atoms with Crippen molar-refractivity contribution in [3.8, 4) is 0 Å². The zero-order chi connectivity index (χ0) is 14.5. The minimum absolute atomic E-state index is 0.0952. The van der Waals surface area contributed by atoms with E-state index >= 15 is 0 Å². The monoisotopic (exact) mass is 330 g/mol. The molecule has 0 fully saturated rings. The van der Waals surface area contributed by atoms with Crippen LogP contribution in [0.2, 0.25) is 0 Å². The fourth-order valence-corrected chi connectivity index (χ4v) is 3.28. The Morgan fingerprint density at radius 3 is 2.75 bits per heavy atom. The summed E-state index contributed by atoms with van der Waals surface area (Å²) >= 11 is 3.50. The SMILES string of the molecule is CNC(=O)CSc1nnc(NC(=O)c2snnc2C)s1. The second kappa shape index (κ2) is 6.72. The van der Waals surface area contributed by atoms with E-state index in [9.17, 15) is 9.59 Å². The van der Waals surface area contributed by atoms with E-state index in [0.29, 0.717) is 20.0 Å². The van der Waals surface area contributed by atoms with E-state index in [1.807, 2.05) is 0 Å². The van der Waals surface area contributed by atoms with Crippen LogP contribution in [0, 0.1) is 6.92 Å². The Morgan fingerprint density at radius 1 is 1.30 bits per heavy atom. The van der Waals surface area contributed by atoms with Crippen molar-refractivity contribution in [1.82, 2.24) is 25.1 Å². The third kappa shape index (κ3) is 3.71. The van der Waals surface area contributed by atoms with Gasteiger partial charge in [-0.1, -0.05) is 27.6 Å². The van der Waals surface area contributed by atoms with E-state index < -0.39 is 0 Å². The lowest BCUT2D eigenvalue weighted by atomic mass is 10.4. The van der Waals surface area contributed by atoms with Crippen LogP contribution < -0.4 is 10.6 Å². The molecule has 2 amide bonds. The van der Waals surface area contributed by atoms with Gasteiger partial charge in [-0.3, -0.25) is 14.9 Å². The fraction of sp³-hybridized carbons (Fsp3) is 0.333. The summed E-state index contributed by atoms with van der Waals surface area (Å²) in [5.41, 5.74) is 0.575. The summed E-state index contributed by atoms with van der Waals surface area (Å²) in [7, 11) is 1.57. The molecule has 11 heteroatoms. The Balaban J connectivity index is 1.94. The van der Waals surface area contributed by atoms with Gasteiger partial charge in [-0.05, 0) is 18.5 Å². The molecule has 106 valence electrons. The maximum atomic E-state index is 11.9. The van der Waals surface area contributed by atoms with E-state index in [-0.39, 0.29) is 17.6 Å². The molecule has 0 radical (unpaired) electrons. The van der Waals surface area contributed by atoms with Crippen molar-refractivity contribution < 1.29 is 9.59 Å². The summed E-state index contributed by atoms with van der Waals surface area (Å²) in [4.78, 5) is 23.5. The van der Waals surface area contributed by atoms with Gasteiger partial charge in [0.05, 0.1) is 11.4 Å². The number of rotatable bonds is 5. The molecule has 20 heavy (non-hydrogen) atoms. The number of amides is 2. The summed E-state index contributed by atoms with van der Waals surface area (Å²) < 4.78 is 4.31. The first-order valence-electron chi connectivity index (χ1n) is 5.37. The van der Waals surface area contributed by atoms with Crippen molar-refractivity contribution in [2.75, 3.05) is 18.1 Å². The summed E-state index contributed by atoms with van der Waals surface area (Å²) in [6, 6.07) is 0. The van der Waals surface area contributed by atoms with Gasteiger partial charge in [0.25, 0.3) is 5.91 Å². The van der Waals surface area contributed by atoms with Crippen LogP contribution in [0.25, 0.3) is 0 Å². The molecular weight excluding hydrogens is 320 g/mol. The Morgan fingerprint density at radius 2 is 2.10 bits per heavy atom. The van der Waals surface area contributed by atoms with Crippen LogP contribution in [-0.2, 0) is 4.79 Å². The maximum Gasteiger partial charge on any atom is 0.271 e. The zero-order valence-electron chi connectivity index (χ0n) is 10.5. The molecular formula is C9H10N6O2S3. The third-order valence-corrected chi connectivity index (χ3v) is 4.89. The standard InChI is InChI=1S/C9H10N6O2S3/c1-4-6(20-15-12-4)7(17)11-8-13-14-9(19-8)18-3-5(16)10-2/h3H2,1-2H3,(H,10,16)(H,11,13,17). The molecule has 2 aromatic heterocycles. The zero-order valence-corrected chi connectivity index (χ0v) is 13.0. The van der Waals surface area contributed by atoms with Crippen LogP contribution in [0.1, 0.15) is 15.4 Å². The maximum absolute atomic E-state index is 11.9. The molecule has 0 unspecified atom stereocenters. The average molecular weight is 330 g/mol. The first kappa shape index (κ1) is 14.8. The van der Waals surface area contributed by atoms with E-state index in [4.69, 9.17) is 0 Å². The van der Waals surface area contributed by atoms with E-state index in [2.05, 4.69) is 30.4 Å². The molecule has 0 saturated carbocycles. The molecule has 0 spiro atoms. The number of hydrogen-bond acceptors (Lipinski definition) is 9. The molecule has 8 nitrogen and oxygen atoms in total. The Labute approximate surface area is 126 Å². The number of anilines is 1. The topological polar surface area (TPSA) is 110 Å². The number of aryl methyl sites for hydroxylation is 1. The number of carbonyl (C=O) groups is 2. The van der Waals surface area contributed by atoms with E-state index in [1.165, 1.54) is 23.1 Å². The molecule has 0 aliphatic carbocycles. The lowest BCUT2D eigenvalue weighted by molar-refractivity contribution is -0.118. The predicted molar refractivity (Wildman–Crippen MR) is 77.3 cm³/mol. The number of thioether (sulfide) groups is 1. The van der Waals surface area contributed by atoms with Gasteiger partial charge in [-0.15, -0.1) is 15.3 Å². The summed E-state index contributed by atoms with van der Waals surface area (Å²) in [6.45, 7) is 1.71. The number of carbonyl (C=O) groups excluding carboxylic acids is 2. The number of aromatic nitrogens is 4. The number of hydrogen-bond donors (Lipinski definition) is 2. The predicted octanol–water partition coefficient (Wildman–Crippen LogP) is 0.788. The van der Waals surface area contributed by atoms with E-state index in [0.717, 1.165) is 11.5 Å². The molecule has 0 saturated heterocycles. The molecule has 2 heterocycles. The highest BCUT2D eigenvalue weighted by atomic mass is 32.2. The van der Waals surface area contributed by atoms with Crippen molar-refractivity contribution >= 4 is 51.6 Å². The molecule has 0 aliphatic heterocycles. The molecule has 0 bridgehead atoms. The lowest BCUT2D eigenvalue weighted by Gasteiger charge is -1.97. The molecule has 2 rings (SSSR count). The smallest absolute Gasteiger partial charge is 0.271 e. The summed E-state index contributed by atoms with van der Waals surface area (Å²) in [5.74, 6) is -0.143. The first-order chi connectivity index (χ1) is 9.60. The van der Waals surface area contributed by atoms with Gasteiger partial charge in [0.15, 0.2) is 4.34 Å². The second-order valence-electron chi connectivity index (χ2n) is 3.48. The molecule has 0 aliphatic rings. The van der Waals surface area contributed by atoms with Crippen molar-refractivity contribution in [2.24, 2.45) is 0 Å². The van der Waals surface area contributed by atoms with Crippen LogP contribution in [0.3, 0.4) is 0 Å². The fourth-order valence-electron chi connectivity index (χ4n) is 1.11. The number of nitrogens with zero attached hydrogens (tertiary/aromatic N) is 4. The van der Waals surface area contributed by atoms with Crippen LogP contribution in [-0.4, -0.2) is 44.4 Å². The second-order valence-corrected chi connectivity index (χ2v) is 6.43. The van der Waals surface area contributed by atoms with Crippen LogP contribution in [0.5, 0.6) is 0 Å². The molecule has 2 N–H and O–H groups in total. The Hall–Kier alpha value is -1.59. The third-order valence-electron chi connectivity index (χ3n) is 2.09. The van der Waals surface area contributed by atoms with Gasteiger partial charge in [-0.25, -0.2) is 0 Å². The highest BCUT2D eigenvalue weighted by molar-refractivity contribution is 8.01. The normalized spacial score (nSPS) is 10.3. The molecule has 0 aromatic carbocycles. The highest BCUT2D eigenvalue weighted by Crippen LogP contribution is 2.25. The molecule has 2 aromatic rings. The van der Waals surface area contributed by atoms with Gasteiger partial charge in [-0.2, -0.15) is 0 Å². The van der Waals surface area contributed by atoms with Crippen molar-refractivity contribution in [3.05, 3.63) is 10.6 Å². The van der Waals surface area contributed by atoms with E-state index in [1.54, 1.807) is 14.0 Å².